The molecule has 0 spiro atoms. The number of hydrogen-bond acceptors (Lipinski definition) is 8. The summed E-state index contributed by atoms with van der Waals surface area (Å²) in [5, 5.41) is 11.9. The van der Waals surface area contributed by atoms with Gasteiger partial charge in [-0.2, -0.15) is 4.98 Å². The molecule has 1 aromatic carbocycles. The minimum atomic E-state index is -2.06. The van der Waals surface area contributed by atoms with Crippen LogP contribution in [-0.2, 0) is 20.5 Å². The van der Waals surface area contributed by atoms with E-state index in [1.807, 2.05) is 26.8 Å². The lowest BCUT2D eigenvalue weighted by atomic mass is 9.84. The Morgan fingerprint density at radius 2 is 1.93 bits per heavy atom. The van der Waals surface area contributed by atoms with E-state index in [0.717, 1.165) is 9.99 Å². The van der Waals surface area contributed by atoms with Crippen LogP contribution in [0, 0.1) is 19.1 Å². The highest BCUT2D eigenvalue weighted by Gasteiger charge is 2.45. The van der Waals surface area contributed by atoms with E-state index in [-0.39, 0.29) is 40.3 Å². The lowest BCUT2D eigenvalue weighted by Crippen LogP contribution is -2.45. The van der Waals surface area contributed by atoms with Gasteiger partial charge >= 0.3 is 5.69 Å². The molecule has 0 amide bonds. The van der Waals surface area contributed by atoms with Crippen LogP contribution in [0.3, 0.4) is 0 Å². The molecule has 2 heterocycles. The van der Waals surface area contributed by atoms with Gasteiger partial charge in [-0.1, -0.05) is 48.5 Å². The third kappa shape index (κ3) is 7.30. The highest BCUT2D eigenvalue weighted by Crippen LogP contribution is 2.43. The zero-order valence-electron chi connectivity index (χ0n) is 25.0. The lowest BCUT2D eigenvalue weighted by molar-refractivity contribution is -0.386. The molecule has 0 aliphatic carbocycles. The number of nitro benzene ring substituents is 1. The van der Waals surface area contributed by atoms with Gasteiger partial charge in [-0.25, -0.2) is 4.79 Å². The second-order valence-electron chi connectivity index (χ2n) is 13.0. The third-order valence-corrected chi connectivity index (χ3v) is 13.0. The minimum absolute atomic E-state index is 0.000582. The molecule has 4 atom stereocenters. The van der Waals surface area contributed by atoms with Crippen molar-refractivity contribution in [3.8, 4) is 0 Å². The summed E-state index contributed by atoms with van der Waals surface area (Å²) < 4.78 is 21.5. The predicted octanol–water partition coefficient (Wildman–Crippen LogP) is 6.73. The summed E-state index contributed by atoms with van der Waals surface area (Å²) in [5.74, 6) is 0.0603. The second-order valence-corrected chi connectivity index (χ2v) is 19.1. The first-order chi connectivity index (χ1) is 18.4. The van der Waals surface area contributed by atoms with Crippen molar-refractivity contribution < 1.29 is 18.8 Å². The van der Waals surface area contributed by atoms with E-state index in [1.54, 1.807) is 12.3 Å². The first kappa shape index (κ1) is 32.6. The predicted molar refractivity (Wildman–Crippen MR) is 167 cm³/mol. The molecule has 0 radical (unpaired) electrons. The number of hydrogen-bond donors (Lipinski definition) is 1. The van der Waals surface area contributed by atoms with E-state index < -0.39 is 31.8 Å². The molecule has 1 fully saturated rings. The normalized spacial score (nSPS) is 21.0. The average molecular weight is 687 g/mol. The van der Waals surface area contributed by atoms with E-state index in [1.165, 1.54) is 10.6 Å². The van der Waals surface area contributed by atoms with Crippen molar-refractivity contribution in [2.24, 2.45) is 5.41 Å². The summed E-state index contributed by atoms with van der Waals surface area (Å²) >= 11 is 2.05. The van der Waals surface area contributed by atoms with Crippen LogP contribution in [0.25, 0.3) is 0 Å². The molecule has 2 N–H and O–H groups in total. The van der Waals surface area contributed by atoms with Crippen LogP contribution in [-0.4, -0.2) is 35.0 Å². The van der Waals surface area contributed by atoms with Crippen molar-refractivity contribution in [3.63, 3.8) is 0 Å². The smallest absolute Gasteiger partial charge is 0.351 e. The fourth-order valence-corrected chi connectivity index (χ4v) is 6.46. The number of nitrogens with two attached hydrogens (primary N) is 1. The molecule has 1 saturated heterocycles. The molecular formula is C28H43IN4O6Si. The van der Waals surface area contributed by atoms with Gasteiger partial charge in [-0.3, -0.25) is 14.7 Å². The summed E-state index contributed by atoms with van der Waals surface area (Å²) in [7, 11) is -2.06. The molecule has 0 bridgehead atoms. The molecule has 10 nitrogen and oxygen atoms in total. The number of rotatable bonds is 9. The van der Waals surface area contributed by atoms with Gasteiger partial charge in [0.05, 0.1) is 35.4 Å². The van der Waals surface area contributed by atoms with E-state index in [2.05, 4.69) is 68.4 Å². The van der Waals surface area contributed by atoms with Crippen LogP contribution in [0.15, 0.2) is 29.2 Å². The van der Waals surface area contributed by atoms with Crippen LogP contribution < -0.4 is 11.4 Å². The molecule has 1 aliphatic rings. The minimum Gasteiger partial charge on any atom is -0.411 e. The van der Waals surface area contributed by atoms with Crippen molar-refractivity contribution in [2.45, 2.75) is 111 Å². The molecule has 40 heavy (non-hydrogen) atoms. The highest BCUT2D eigenvalue weighted by molar-refractivity contribution is 14.1. The van der Waals surface area contributed by atoms with Gasteiger partial charge in [0, 0.05) is 27.8 Å². The average Bonchev–Trinajstić information content (AvgIpc) is 3.21. The maximum Gasteiger partial charge on any atom is 0.351 e. The molecular weight excluding hydrogens is 643 g/mol. The Kier molecular flexibility index (Phi) is 9.92. The molecule has 1 aromatic heterocycles. The van der Waals surface area contributed by atoms with Crippen LogP contribution in [0.4, 0.5) is 11.5 Å². The van der Waals surface area contributed by atoms with Gasteiger partial charge in [-0.05, 0) is 64.7 Å². The molecule has 0 saturated carbocycles. The van der Waals surface area contributed by atoms with Crippen molar-refractivity contribution in [2.75, 3.05) is 5.73 Å². The molecule has 2 aromatic rings. The zero-order chi connectivity index (χ0) is 30.2. The quantitative estimate of drug-likeness (QED) is 0.133. The first-order valence-electron chi connectivity index (χ1n) is 13.6. The molecule has 1 unspecified atom stereocenters. The van der Waals surface area contributed by atoms with Crippen LogP contribution in [0.2, 0.25) is 18.1 Å². The topological polar surface area (TPSA) is 132 Å². The van der Waals surface area contributed by atoms with Crippen LogP contribution in [0.5, 0.6) is 0 Å². The summed E-state index contributed by atoms with van der Waals surface area (Å²) in [4.78, 5) is 28.5. The zero-order valence-corrected chi connectivity index (χ0v) is 28.1. The number of nitro groups is 1. The van der Waals surface area contributed by atoms with Gasteiger partial charge in [0.2, 0.25) is 0 Å². The van der Waals surface area contributed by atoms with E-state index in [0.29, 0.717) is 17.5 Å². The fourth-order valence-electron chi connectivity index (χ4n) is 4.63. The molecule has 12 heteroatoms. The maximum atomic E-state index is 12.9. The summed E-state index contributed by atoms with van der Waals surface area (Å²) in [6, 6.07) is 5.10. The summed E-state index contributed by atoms with van der Waals surface area (Å²) in [6.45, 7) is 19.0. The lowest BCUT2D eigenvalue weighted by Gasteiger charge is -2.39. The van der Waals surface area contributed by atoms with Crippen molar-refractivity contribution in [3.05, 3.63) is 59.7 Å². The maximum absolute atomic E-state index is 12.9. The Morgan fingerprint density at radius 1 is 1.27 bits per heavy atom. The Morgan fingerprint density at radius 3 is 2.48 bits per heavy atom. The molecule has 3 rings (SSSR count). The monoisotopic (exact) mass is 686 g/mol. The number of nitrogens with zero attached hydrogens (tertiary/aromatic N) is 3. The van der Waals surface area contributed by atoms with Gasteiger partial charge in [-0.15, -0.1) is 0 Å². The highest BCUT2D eigenvalue weighted by atomic mass is 127. The van der Waals surface area contributed by atoms with Crippen molar-refractivity contribution in [1.82, 2.24) is 9.55 Å². The Hall–Kier alpha value is -1.87. The summed E-state index contributed by atoms with van der Waals surface area (Å²) in [6.07, 6.45) is 1.48. The number of aromatic nitrogens is 2. The standard InChI is InChI=1S/C28H43IN4O6Si/c1-10-21-22(39-40(8,9)28(5,6)7)14-23(38-21)32-15-17(25(30)31-26(32)34)16-37-24(27(2,3)4)19-12-11-18(29)13-20(19)33(35)36/h11-13,15,21-24H,10,14,16H2,1-9H3,(H2,30,31,34)/t21-,22?,23-,24+/m1/s1. The number of anilines is 1. The van der Waals surface area contributed by atoms with Crippen molar-refractivity contribution >= 4 is 42.4 Å². The van der Waals surface area contributed by atoms with E-state index in [9.17, 15) is 14.9 Å². The van der Waals surface area contributed by atoms with Crippen molar-refractivity contribution in [1.29, 1.82) is 0 Å². The van der Waals surface area contributed by atoms with E-state index >= 15 is 0 Å². The Bertz CT molecular complexity index is 1290. The first-order valence-corrected chi connectivity index (χ1v) is 17.6. The van der Waals surface area contributed by atoms with Crippen LogP contribution >= 0.6 is 22.6 Å². The fraction of sp³-hybridized carbons (Fsp3) is 0.643. The number of nitrogen functional groups attached to an aromatic ring is 1. The summed E-state index contributed by atoms with van der Waals surface area (Å²) in [5.41, 5.74) is 6.17. The second kappa shape index (κ2) is 12.2. The van der Waals surface area contributed by atoms with Gasteiger partial charge in [0.1, 0.15) is 12.0 Å². The largest absolute Gasteiger partial charge is 0.411 e. The SMILES string of the molecule is CC[C@H]1O[C@@H](n2cc(CO[C@@H](c3ccc(I)cc3[N+](=O)[O-])C(C)(C)C)c(N)nc2=O)CC1O[Si](C)(C)C(C)(C)C. The third-order valence-electron chi connectivity index (χ3n) is 7.87. The molecule has 1 aliphatic heterocycles. The van der Waals surface area contributed by atoms with Gasteiger partial charge in [0.15, 0.2) is 8.32 Å². The Labute approximate surface area is 251 Å². The number of benzene rings is 1. The molecule has 222 valence electrons. The van der Waals surface area contributed by atoms with Gasteiger partial charge < -0.3 is 19.6 Å². The number of ether oxygens (including phenoxy) is 2. The number of halogens is 1. The van der Waals surface area contributed by atoms with Gasteiger partial charge in [0.25, 0.3) is 5.69 Å². The van der Waals surface area contributed by atoms with Crippen LogP contribution in [0.1, 0.15) is 84.8 Å². The van der Waals surface area contributed by atoms with E-state index in [4.69, 9.17) is 19.6 Å². The Balaban J connectivity index is 1.89.